The molecule has 34 heavy (non-hydrogen) atoms. The van der Waals surface area contributed by atoms with Crippen molar-refractivity contribution in [3.63, 3.8) is 0 Å². The summed E-state index contributed by atoms with van der Waals surface area (Å²) in [6.07, 6.45) is 5.41. The van der Waals surface area contributed by atoms with Crippen LogP contribution in [0, 0.1) is 33.6 Å². The minimum Gasteiger partial charge on any atom is -0.381 e. The van der Waals surface area contributed by atoms with E-state index in [1.54, 1.807) is 29.8 Å². The fourth-order valence-corrected chi connectivity index (χ4v) is 6.87. The summed E-state index contributed by atoms with van der Waals surface area (Å²) in [5.41, 5.74) is 4.55. The number of nitrogens with one attached hydrogen (secondary N) is 2. The van der Waals surface area contributed by atoms with E-state index in [1.165, 1.54) is 0 Å². The van der Waals surface area contributed by atoms with Crippen LogP contribution in [0.25, 0.3) is 10.4 Å². The first kappa shape index (κ1) is 24.6. The number of hydrogen-bond acceptors (Lipinski definition) is 7. The molecule has 3 heterocycles. The highest BCUT2D eigenvalue weighted by Crippen LogP contribution is 2.36. The molecule has 0 saturated carbocycles. The molecule has 182 valence electrons. The van der Waals surface area contributed by atoms with Gasteiger partial charge in [0.15, 0.2) is 5.13 Å². The number of rotatable bonds is 7. The lowest BCUT2D eigenvalue weighted by molar-refractivity contribution is 0.0622. The van der Waals surface area contributed by atoms with Crippen LogP contribution in [0.1, 0.15) is 42.1 Å². The summed E-state index contributed by atoms with van der Waals surface area (Å²) < 4.78 is 35.0. The smallest absolute Gasteiger partial charge is 0.262 e. The number of sulfonamides is 1. The van der Waals surface area contributed by atoms with Crippen LogP contribution >= 0.6 is 11.3 Å². The van der Waals surface area contributed by atoms with Crippen molar-refractivity contribution < 1.29 is 13.2 Å². The number of aromatic nitrogens is 2. The molecule has 3 aromatic rings. The highest BCUT2D eigenvalue weighted by Gasteiger charge is 2.23. The molecule has 1 aliphatic rings. The third-order valence-electron chi connectivity index (χ3n) is 6.42. The van der Waals surface area contributed by atoms with Crippen molar-refractivity contribution in [2.75, 3.05) is 23.3 Å². The molecule has 7 nitrogen and oxygen atoms in total. The van der Waals surface area contributed by atoms with Gasteiger partial charge in [0.1, 0.15) is 0 Å². The molecule has 2 aromatic heterocycles. The predicted octanol–water partition coefficient (Wildman–Crippen LogP) is 5.47. The van der Waals surface area contributed by atoms with Gasteiger partial charge in [-0.15, -0.1) is 0 Å². The van der Waals surface area contributed by atoms with E-state index in [9.17, 15) is 8.42 Å². The van der Waals surface area contributed by atoms with Crippen LogP contribution in [-0.2, 0) is 14.8 Å². The molecule has 0 aliphatic carbocycles. The van der Waals surface area contributed by atoms with Gasteiger partial charge in [-0.3, -0.25) is 9.71 Å². The Hall–Kier alpha value is -2.49. The molecule has 0 amide bonds. The number of thiazole rings is 1. The lowest BCUT2D eigenvalue weighted by atomic mass is 9.93. The summed E-state index contributed by atoms with van der Waals surface area (Å²) in [5.74, 6) is 0.559. The number of aryl methyl sites for hydroxylation is 4. The fraction of sp³-hybridized carbons (Fsp3) is 0.440. The first-order chi connectivity index (χ1) is 16.2. The zero-order valence-corrected chi connectivity index (χ0v) is 21.9. The SMILES string of the molecule is Cc1ccc(-c2sc(NC(C)C3CCOCC3)nc2C)cc1S(=O)(=O)Nc1c(C)cncc1C. The largest absolute Gasteiger partial charge is 0.381 e. The zero-order valence-electron chi connectivity index (χ0n) is 20.3. The second kappa shape index (κ2) is 10.0. The molecule has 1 atom stereocenters. The Morgan fingerprint density at radius 1 is 1.06 bits per heavy atom. The topological polar surface area (TPSA) is 93.2 Å². The molecule has 1 aliphatic heterocycles. The van der Waals surface area contributed by atoms with E-state index in [0.29, 0.717) is 23.2 Å². The van der Waals surface area contributed by atoms with Gasteiger partial charge in [0.25, 0.3) is 10.0 Å². The van der Waals surface area contributed by atoms with E-state index in [-0.39, 0.29) is 4.90 Å². The Bertz CT molecular complexity index is 1260. The van der Waals surface area contributed by atoms with Gasteiger partial charge < -0.3 is 10.1 Å². The standard InChI is InChI=1S/C25H32N4O3S2/c1-15-6-7-21(12-22(15)34(30,31)29-23-16(2)13-26-14-17(23)3)24-19(5)28-25(33-24)27-18(4)20-8-10-32-11-9-20/h6-7,12-14,18,20H,8-11H2,1-5H3,(H,26,29)(H,27,28). The number of benzene rings is 1. The van der Waals surface area contributed by atoms with Gasteiger partial charge >= 0.3 is 0 Å². The summed E-state index contributed by atoms with van der Waals surface area (Å²) in [5, 5.41) is 4.42. The van der Waals surface area contributed by atoms with Gasteiger partial charge in [-0.2, -0.15) is 0 Å². The van der Waals surface area contributed by atoms with E-state index in [1.807, 2.05) is 39.8 Å². The van der Waals surface area contributed by atoms with Crippen molar-refractivity contribution >= 4 is 32.2 Å². The molecule has 1 unspecified atom stereocenters. The van der Waals surface area contributed by atoms with Crippen LogP contribution in [0.15, 0.2) is 35.5 Å². The third kappa shape index (κ3) is 5.26. The highest BCUT2D eigenvalue weighted by molar-refractivity contribution is 7.92. The van der Waals surface area contributed by atoms with E-state index in [2.05, 4.69) is 21.9 Å². The molecule has 0 spiro atoms. The quantitative estimate of drug-likeness (QED) is 0.447. The molecule has 1 fully saturated rings. The molecular weight excluding hydrogens is 468 g/mol. The van der Waals surface area contributed by atoms with E-state index >= 15 is 0 Å². The number of ether oxygens (including phenoxy) is 1. The average Bonchev–Trinajstić information content (AvgIpc) is 3.17. The first-order valence-corrected chi connectivity index (χ1v) is 13.8. The summed E-state index contributed by atoms with van der Waals surface area (Å²) in [6, 6.07) is 5.86. The van der Waals surface area contributed by atoms with E-state index in [0.717, 1.165) is 58.4 Å². The van der Waals surface area contributed by atoms with Crippen LogP contribution in [0.4, 0.5) is 10.8 Å². The number of anilines is 2. The van der Waals surface area contributed by atoms with Crippen LogP contribution in [-0.4, -0.2) is 37.6 Å². The maximum absolute atomic E-state index is 13.4. The molecule has 0 bridgehead atoms. The van der Waals surface area contributed by atoms with Crippen LogP contribution in [0.3, 0.4) is 0 Å². The van der Waals surface area contributed by atoms with Crippen molar-refractivity contribution in [3.05, 3.63) is 53.0 Å². The van der Waals surface area contributed by atoms with Crippen LogP contribution < -0.4 is 10.0 Å². The Balaban J connectivity index is 1.61. The summed E-state index contributed by atoms with van der Waals surface area (Å²) in [4.78, 5) is 10.1. The molecule has 2 N–H and O–H groups in total. The molecule has 4 rings (SSSR count). The third-order valence-corrected chi connectivity index (χ3v) is 9.05. The summed E-state index contributed by atoms with van der Waals surface area (Å²) >= 11 is 1.56. The van der Waals surface area contributed by atoms with E-state index in [4.69, 9.17) is 9.72 Å². The normalized spacial score (nSPS) is 15.8. The average molecular weight is 501 g/mol. The molecule has 0 radical (unpaired) electrons. The maximum atomic E-state index is 13.4. The van der Waals surface area contributed by atoms with Crippen LogP contribution in [0.5, 0.6) is 0 Å². The van der Waals surface area contributed by atoms with Crippen molar-refractivity contribution in [1.82, 2.24) is 9.97 Å². The van der Waals surface area contributed by atoms with Gasteiger partial charge in [-0.1, -0.05) is 23.5 Å². The van der Waals surface area contributed by atoms with Crippen molar-refractivity contribution in [2.45, 2.75) is 58.4 Å². The van der Waals surface area contributed by atoms with Gasteiger partial charge in [0, 0.05) is 31.6 Å². The van der Waals surface area contributed by atoms with Gasteiger partial charge in [-0.25, -0.2) is 13.4 Å². The number of nitrogens with zero attached hydrogens (tertiary/aromatic N) is 2. The van der Waals surface area contributed by atoms with Crippen LogP contribution in [0.2, 0.25) is 0 Å². The summed E-state index contributed by atoms with van der Waals surface area (Å²) in [6.45, 7) is 11.3. The minimum atomic E-state index is -3.78. The molecule has 1 saturated heterocycles. The van der Waals surface area contributed by atoms with Gasteiger partial charge in [0.05, 0.1) is 21.2 Å². The van der Waals surface area contributed by atoms with E-state index < -0.39 is 10.0 Å². The Morgan fingerprint density at radius 2 is 1.74 bits per heavy atom. The molecule has 9 heteroatoms. The van der Waals surface area contributed by atoms with Crippen molar-refractivity contribution in [3.8, 4) is 10.4 Å². The first-order valence-electron chi connectivity index (χ1n) is 11.5. The van der Waals surface area contributed by atoms with Gasteiger partial charge in [0.2, 0.25) is 0 Å². The van der Waals surface area contributed by atoms with Crippen molar-refractivity contribution in [2.24, 2.45) is 5.92 Å². The maximum Gasteiger partial charge on any atom is 0.262 e. The summed E-state index contributed by atoms with van der Waals surface area (Å²) in [7, 11) is -3.78. The van der Waals surface area contributed by atoms with Crippen molar-refractivity contribution in [1.29, 1.82) is 0 Å². The lowest BCUT2D eigenvalue weighted by Crippen LogP contribution is -2.30. The minimum absolute atomic E-state index is 0.262. The zero-order chi connectivity index (χ0) is 24.5. The predicted molar refractivity (Wildman–Crippen MR) is 138 cm³/mol. The fourth-order valence-electron chi connectivity index (χ4n) is 4.34. The Kier molecular flexibility index (Phi) is 7.25. The number of pyridine rings is 1. The Morgan fingerprint density at radius 3 is 2.41 bits per heavy atom. The highest BCUT2D eigenvalue weighted by atomic mass is 32.2. The monoisotopic (exact) mass is 500 g/mol. The van der Waals surface area contributed by atoms with Gasteiger partial charge in [-0.05, 0) is 81.7 Å². The number of hydrogen-bond donors (Lipinski definition) is 2. The Labute approximate surface area is 206 Å². The second-order valence-electron chi connectivity index (χ2n) is 9.05. The molecular formula is C25H32N4O3S2. The second-order valence-corrected chi connectivity index (χ2v) is 11.7. The lowest BCUT2D eigenvalue weighted by Gasteiger charge is -2.28. The molecule has 1 aromatic carbocycles.